The average Bonchev–Trinajstić information content (AvgIpc) is 3.15. The summed E-state index contributed by atoms with van der Waals surface area (Å²) in [5, 5.41) is 6.89. The van der Waals surface area contributed by atoms with Gasteiger partial charge in [-0.3, -0.25) is 9.59 Å². The lowest BCUT2D eigenvalue weighted by molar-refractivity contribution is -0.144. The van der Waals surface area contributed by atoms with Crippen molar-refractivity contribution in [2.75, 3.05) is 19.8 Å². The van der Waals surface area contributed by atoms with Crippen LogP contribution in [-0.4, -0.2) is 51.1 Å². The second kappa shape index (κ2) is 8.49. The van der Waals surface area contributed by atoms with Crippen LogP contribution in [0.2, 0.25) is 0 Å². The van der Waals surface area contributed by atoms with Crippen molar-refractivity contribution in [3.05, 3.63) is 41.1 Å². The Morgan fingerprint density at radius 3 is 2.78 bits per heavy atom. The lowest BCUT2D eigenvalue weighted by atomic mass is 9.84. The molecular formula is C19H25N3O5. The Morgan fingerprint density at radius 1 is 1.30 bits per heavy atom. The Morgan fingerprint density at radius 2 is 2.04 bits per heavy atom. The minimum Gasteiger partial charge on any atom is -0.483 e. The van der Waals surface area contributed by atoms with E-state index in [9.17, 15) is 4.79 Å². The van der Waals surface area contributed by atoms with Gasteiger partial charge in [-0.2, -0.15) is 0 Å². The van der Waals surface area contributed by atoms with E-state index in [4.69, 9.17) is 19.4 Å². The SMILES string of the molecule is Cn1cccc(-c2nccn2C2CCOC3(CCOCC3)C2)c1=O.O=CO. The third-order valence-corrected chi connectivity index (χ3v) is 5.30. The molecule has 2 aliphatic rings. The molecule has 2 fully saturated rings. The number of nitrogens with zero attached hydrogens (tertiary/aromatic N) is 3. The van der Waals surface area contributed by atoms with E-state index in [-0.39, 0.29) is 17.6 Å². The van der Waals surface area contributed by atoms with Crippen molar-refractivity contribution in [1.82, 2.24) is 14.1 Å². The maximum atomic E-state index is 12.5. The van der Waals surface area contributed by atoms with Gasteiger partial charge >= 0.3 is 0 Å². The molecule has 4 heterocycles. The third kappa shape index (κ3) is 4.12. The molecule has 4 rings (SSSR count). The summed E-state index contributed by atoms with van der Waals surface area (Å²) >= 11 is 0. The van der Waals surface area contributed by atoms with Crippen LogP contribution in [0.5, 0.6) is 0 Å². The second-order valence-electron chi connectivity index (χ2n) is 6.89. The van der Waals surface area contributed by atoms with Gasteiger partial charge in [-0.05, 0) is 37.8 Å². The second-order valence-corrected chi connectivity index (χ2v) is 6.89. The first kappa shape index (κ1) is 19.3. The molecule has 27 heavy (non-hydrogen) atoms. The highest BCUT2D eigenvalue weighted by molar-refractivity contribution is 5.54. The minimum absolute atomic E-state index is 0.0159. The fraction of sp³-hybridized carbons (Fsp3) is 0.526. The number of aromatic nitrogens is 3. The summed E-state index contributed by atoms with van der Waals surface area (Å²) in [5.74, 6) is 0.755. The monoisotopic (exact) mass is 375 g/mol. The third-order valence-electron chi connectivity index (χ3n) is 5.30. The summed E-state index contributed by atoms with van der Waals surface area (Å²) in [6.45, 7) is 2.03. The number of aryl methyl sites for hydroxylation is 1. The normalized spacial score (nSPS) is 21.3. The van der Waals surface area contributed by atoms with Crippen molar-refractivity contribution >= 4 is 6.47 Å². The highest BCUT2D eigenvalue weighted by Crippen LogP contribution is 2.40. The highest BCUT2D eigenvalue weighted by atomic mass is 16.5. The molecule has 1 spiro atoms. The number of hydrogen-bond acceptors (Lipinski definition) is 5. The van der Waals surface area contributed by atoms with Crippen LogP contribution in [0.4, 0.5) is 0 Å². The van der Waals surface area contributed by atoms with Gasteiger partial charge < -0.3 is 23.7 Å². The van der Waals surface area contributed by atoms with E-state index in [1.807, 2.05) is 18.3 Å². The van der Waals surface area contributed by atoms with Crippen LogP contribution in [0.15, 0.2) is 35.5 Å². The molecule has 2 aromatic rings. The lowest BCUT2D eigenvalue weighted by Crippen LogP contribution is -2.44. The molecule has 0 radical (unpaired) electrons. The van der Waals surface area contributed by atoms with E-state index in [2.05, 4.69) is 9.55 Å². The van der Waals surface area contributed by atoms with Crippen LogP contribution in [0.25, 0.3) is 11.4 Å². The van der Waals surface area contributed by atoms with E-state index in [0.29, 0.717) is 11.6 Å². The molecule has 0 saturated carbocycles. The molecule has 0 aliphatic carbocycles. The van der Waals surface area contributed by atoms with Gasteiger partial charge in [0.25, 0.3) is 12.0 Å². The Bertz CT molecular complexity index is 817. The number of carbonyl (C=O) groups is 1. The zero-order chi connectivity index (χ0) is 19.3. The Hall–Kier alpha value is -2.45. The number of pyridine rings is 1. The van der Waals surface area contributed by atoms with Gasteiger partial charge in [0.2, 0.25) is 0 Å². The molecule has 2 aliphatic heterocycles. The van der Waals surface area contributed by atoms with Gasteiger partial charge in [-0.25, -0.2) is 4.98 Å². The van der Waals surface area contributed by atoms with E-state index in [1.165, 1.54) is 0 Å². The summed E-state index contributed by atoms with van der Waals surface area (Å²) in [5.41, 5.74) is 0.556. The highest BCUT2D eigenvalue weighted by Gasteiger charge is 2.40. The van der Waals surface area contributed by atoms with Gasteiger partial charge in [0.1, 0.15) is 5.82 Å². The molecule has 146 valence electrons. The van der Waals surface area contributed by atoms with Gasteiger partial charge in [-0.15, -0.1) is 0 Å². The van der Waals surface area contributed by atoms with Crippen LogP contribution in [-0.2, 0) is 21.3 Å². The van der Waals surface area contributed by atoms with E-state index in [0.717, 1.165) is 51.3 Å². The molecule has 2 aromatic heterocycles. The smallest absolute Gasteiger partial charge is 0.290 e. The fourth-order valence-corrected chi connectivity index (χ4v) is 3.92. The van der Waals surface area contributed by atoms with Gasteiger partial charge in [0.05, 0.1) is 11.2 Å². The molecule has 8 heteroatoms. The summed E-state index contributed by atoms with van der Waals surface area (Å²) in [4.78, 5) is 25.3. The first-order valence-electron chi connectivity index (χ1n) is 9.08. The van der Waals surface area contributed by atoms with Crippen LogP contribution in [0.1, 0.15) is 31.7 Å². The summed E-state index contributed by atoms with van der Waals surface area (Å²) in [6.07, 6.45) is 9.33. The van der Waals surface area contributed by atoms with E-state index >= 15 is 0 Å². The Kier molecular flexibility index (Phi) is 6.08. The maximum Gasteiger partial charge on any atom is 0.290 e. The predicted molar refractivity (Wildman–Crippen MR) is 98.6 cm³/mol. The number of carboxylic acid groups (broad SMARTS) is 1. The molecule has 1 atom stereocenters. The predicted octanol–water partition coefficient (Wildman–Crippen LogP) is 1.85. The fourth-order valence-electron chi connectivity index (χ4n) is 3.92. The van der Waals surface area contributed by atoms with Gasteiger partial charge in [0, 0.05) is 51.5 Å². The standard InChI is InChI=1S/C18H23N3O3.CH2O2/c1-20-8-2-3-15(17(20)22)16-19-7-9-21(16)14-4-10-24-18(13-14)5-11-23-12-6-18;2-1-3/h2-3,7-9,14H,4-6,10-13H2,1H3;1H,(H,2,3). The van der Waals surface area contributed by atoms with E-state index < -0.39 is 0 Å². The van der Waals surface area contributed by atoms with Crippen molar-refractivity contribution in [2.45, 2.75) is 37.3 Å². The Balaban J connectivity index is 0.000000659. The van der Waals surface area contributed by atoms with Crippen LogP contribution >= 0.6 is 0 Å². The topological polar surface area (TPSA) is 95.6 Å². The summed E-state index contributed by atoms with van der Waals surface area (Å²) < 4.78 is 15.4. The van der Waals surface area contributed by atoms with Crippen LogP contribution in [0, 0.1) is 0 Å². The molecule has 2 saturated heterocycles. The van der Waals surface area contributed by atoms with Gasteiger partial charge in [-0.1, -0.05) is 0 Å². The number of hydrogen-bond donors (Lipinski definition) is 1. The van der Waals surface area contributed by atoms with Gasteiger partial charge in [0.15, 0.2) is 0 Å². The van der Waals surface area contributed by atoms with E-state index in [1.54, 1.807) is 24.0 Å². The van der Waals surface area contributed by atoms with Crippen molar-refractivity contribution in [3.8, 4) is 11.4 Å². The average molecular weight is 375 g/mol. The quantitative estimate of drug-likeness (QED) is 0.805. The Labute approximate surface area is 157 Å². The largest absolute Gasteiger partial charge is 0.483 e. The van der Waals surface area contributed by atoms with Crippen molar-refractivity contribution in [2.24, 2.45) is 7.05 Å². The van der Waals surface area contributed by atoms with Crippen molar-refractivity contribution in [1.29, 1.82) is 0 Å². The number of imidazole rings is 1. The summed E-state index contributed by atoms with van der Waals surface area (Å²) in [7, 11) is 1.77. The van der Waals surface area contributed by atoms with Crippen molar-refractivity contribution < 1.29 is 19.4 Å². The molecule has 0 aromatic carbocycles. The summed E-state index contributed by atoms with van der Waals surface area (Å²) in [6, 6.07) is 4.05. The maximum absolute atomic E-state index is 12.5. The zero-order valence-electron chi connectivity index (χ0n) is 15.4. The molecule has 1 N–H and O–H groups in total. The molecular weight excluding hydrogens is 350 g/mol. The lowest BCUT2D eigenvalue weighted by Gasteiger charge is -2.43. The minimum atomic E-state index is -0.250. The first-order valence-corrected chi connectivity index (χ1v) is 9.08. The molecule has 0 amide bonds. The molecule has 8 nitrogen and oxygen atoms in total. The van der Waals surface area contributed by atoms with Crippen LogP contribution in [0.3, 0.4) is 0 Å². The number of ether oxygens (including phenoxy) is 2. The zero-order valence-corrected chi connectivity index (χ0v) is 15.4. The molecule has 0 bridgehead atoms. The van der Waals surface area contributed by atoms with Crippen molar-refractivity contribution in [3.63, 3.8) is 0 Å². The first-order chi connectivity index (χ1) is 13.1. The van der Waals surface area contributed by atoms with Crippen LogP contribution < -0.4 is 5.56 Å². The molecule has 1 unspecified atom stereocenters. The number of rotatable bonds is 2.